The number of thiazole rings is 1. The Morgan fingerprint density at radius 3 is 2.74 bits per heavy atom. The normalized spacial score (nSPS) is 10.5. The maximum Gasteiger partial charge on any atom is 0.182 e. The highest BCUT2D eigenvalue weighted by Gasteiger charge is 2.05. The van der Waals surface area contributed by atoms with Crippen molar-refractivity contribution in [3.8, 4) is 5.75 Å². The molecule has 3 rings (SSSR count). The minimum Gasteiger partial charge on any atom is -0.489 e. The molecule has 0 aliphatic rings. The second-order valence-corrected chi connectivity index (χ2v) is 6.54. The molecule has 1 heterocycles. The lowest BCUT2D eigenvalue weighted by Crippen LogP contribution is -2.03. The summed E-state index contributed by atoms with van der Waals surface area (Å²) >= 11 is 13.5. The van der Waals surface area contributed by atoms with Gasteiger partial charge in [-0.2, -0.15) is 0 Å². The second kappa shape index (κ2) is 7.68. The highest BCUT2D eigenvalue weighted by molar-refractivity contribution is 7.13. The third kappa shape index (κ3) is 4.38. The zero-order chi connectivity index (χ0) is 16.1. The molecular formula is C17H14Cl2N2OS. The number of aromatic nitrogens is 1. The molecule has 0 atom stereocenters. The van der Waals surface area contributed by atoms with Gasteiger partial charge in [0.25, 0.3) is 0 Å². The molecule has 0 unspecified atom stereocenters. The van der Waals surface area contributed by atoms with E-state index in [1.165, 1.54) is 0 Å². The largest absolute Gasteiger partial charge is 0.489 e. The summed E-state index contributed by atoms with van der Waals surface area (Å²) < 4.78 is 5.93. The van der Waals surface area contributed by atoms with Crippen LogP contribution in [0.25, 0.3) is 0 Å². The predicted molar refractivity (Wildman–Crippen MR) is 96.7 cm³/mol. The number of hydrogen-bond acceptors (Lipinski definition) is 4. The Bertz CT molecular complexity index is 778. The Morgan fingerprint density at radius 2 is 1.96 bits per heavy atom. The maximum atomic E-state index is 6.03. The number of hydrogen-bond donors (Lipinski definition) is 1. The van der Waals surface area contributed by atoms with Gasteiger partial charge in [0, 0.05) is 23.7 Å². The summed E-state index contributed by atoms with van der Waals surface area (Å²) in [6.45, 7) is 1.09. The quantitative estimate of drug-likeness (QED) is 0.614. The fraction of sp³-hybridized carbons (Fsp3) is 0.118. The van der Waals surface area contributed by atoms with Crippen LogP contribution < -0.4 is 10.1 Å². The first kappa shape index (κ1) is 16.1. The standard InChI is InChI=1S/C17H14Cl2N2OS/c18-14-6-5-12(9-15(14)19)11-22-16-4-2-1-3-13(16)10-21-17-20-7-8-23-17/h1-9H,10-11H2,(H,20,21). The molecular weight excluding hydrogens is 351 g/mol. The number of ether oxygens (including phenoxy) is 1. The van der Waals surface area contributed by atoms with Gasteiger partial charge in [-0.05, 0) is 23.8 Å². The van der Waals surface area contributed by atoms with Crippen molar-refractivity contribution in [1.29, 1.82) is 0 Å². The third-order valence-electron chi connectivity index (χ3n) is 3.21. The number of nitrogens with one attached hydrogen (secondary N) is 1. The van der Waals surface area contributed by atoms with E-state index in [2.05, 4.69) is 10.3 Å². The van der Waals surface area contributed by atoms with Gasteiger partial charge >= 0.3 is 0 Å². The van der Waals surface area contributed by atoms with Gasteiger partial charge in [0.15, 0.2) is 5.13 Å². The molecule has 118 valence electrons. The summed E-state index contributed by atoms with van der Waals surface area (Å²) in [5.41, 5.74) is 2.05. The summed E-state index contributed by atoms with van der Waals surface area (Å²) in [5.74, 6) is 0.836. The molecule has 0 aliphatic heterocycles. The molecule has 0 spiro atoms. The van der Waals surface area contributed by atoms with E-state index >= 15 is 0 Å². The first-order valence-electron chi connectivity index (χ1n) is 7.00. The topological polar surface area (TPSA) is 34.1 Å². The van der Waals surface area contributed by atoms with Crippen LogP contribution in [0.1, 0.15) is 11.1 Å². The fourth-order valence-electron chi connectivity index (χ4n) is 2.06. The molecule has 0 bridgehead atoms. The third-order valence-corrected chi connectivity index (χ3v) is 4.68. The molecule has 0 fully saturated rings. The summed E-state index contributed by atoms with van der Waals surface area (Å²) in [5, 5.41) is 7.20. The summed E-state index contributed by atoms with van der Waals surface area (Å²) in [7, 11) is 0. The summed E-state index contributed by atoms with van der Waals surface area (Å²) in [4.78, 5) is 4.21. The summed E-state index contributed by atoms with van der Waals surface area (Å²) in [6.07, 6.45) is 1.78. The van der Waals surface area contributed by atoms with Gasteiger partial charge in [-0.1, -0.05) is 47.5 Å². The molecule has 0 saturated heterocycles. The fourth-order valence-corrected chi connectivity index (χ4v) is 2.91. The smallest absolute Gasteiger partial charge is 0.182 e. The van der Waals surface area contributed by atoms with Gasteiger partial charge in [-0.25, -0.2) is 4.98 Å². The Labute approximate surface area is 148 Å². The van der Waals surface area contributed by atoms with Crippen LogP contribution in [0.3, 0.4) is 0 Å². The van der Waals surface area contributed by atoms with Gasteiger partial charge in [0.2, 0.25) is 0 Å². The lowest BCUT2D eigenvalue weighted by Gasteiger charge is -2.12. The van der Waals surface area contributed by atoms with E-state index in [1.54, 1.807) is 23.6 Å². The molecule has 0 saturated carbocycles. The average Bonchev–Trinajstić information content (AvgIpc) is 3.08. The Hall–Kier alpha value is -1.75. The minimum atomic E-state index is 0.436. The van der Waals surface area contributed by atoms with Crippen LogP contribution >= 0.6 is 34.5 Å². The Balaban J connectivity index is 1.66. The van der Waals surface area contributed by atoms with Crippen molar-refractivity contribution in [3.63, 3.8) is 0 Å². The molecule has 2 aromatic carbocycles. The lowest BCUT2D eigenvalue weighted by molar-refractivity contribution is 0.303. The van der Waals surface area contributed by atoms with Gasteiger partial charge in [0.05, 0.1) is 10.0 Å². The van der Waals surface area contributed by atoms with E-state index < -0.39 is 0 Å². The van der Waals surface area contributed by atoms with Gasteiger partial charge in [0.1, 0.15) is 12.4 Å². The van der Waals surface area contributed by atoms with Gasteiger partial charge in [-0.3, -0.25) is 0 Å². The number of para-hydroxylation sites is 1. The summed E-state index contributed by atoms with van der Waals surface area (Å²) in [6, 6.07) is 13.4. The first-order chi connectivity index (χ1) is 11.2. The van der Waals surface area contributed by atoms with Crippen molar-refractivity contribution in [3.05, 3.63) is 75.2 Å². The van der Waals surface area contributed by atoms with Crippen molar-refractivity contribution >= 4 is 39.7 Å². The van der Waals surface area contributed by atoms with Crippen molar-refractivity contribution < 1.29 is 4.74 Å². The molecule has 0 amide bonds. The lowest BCUT2D eigenvalue weighted by atomic mass is 10.2. The zero-order valence-electron chi connectivity index (χ0n) is 12.1. The SMILES string of the molecule is Clc1ccc(COc2ccccc2CNc2nccs2)cc1Cl. The van der Waals surface area contributed by atoms with Crippen LogP contribution in [0.5, 0.6) is 5.75 Å². The number of benzene rings is 2. The van der Waals surface area contributed by atoms with Crippen molar-refractivity contribution in [2.24, 2.45) is 0 Å². The molecule has 0 radical (unpaired) electrons. The van der Waals surface area contributed by atoms with Crippen molar-refractivity contribution in [2.45, 2.75) is 13.2 Å². The van der Waals surface area contributed by atoms with Crippen LogP contribution in [-0.2, 0) is 13.2 Å². The number of anilines is 1. The highest BCUT2D eigenvalue weighted by Crippen LogP contribution is 2.25. The number of halogens is 2. The predicted octanol–water partition coefficient (Wildman–Crippen LogP) is 5.64. The van der Waals surface area contributed by atoms with E-state index in [0.717, 1.165) is 22.0 Å². The zero-order valence-corrected chi connectivity index (χ0v) is 14.5. The van der Waals surface area contributed by atoms with Crippen LogP contribution in [0.2, 0.25) is 10.0 Å². The highest BCUT2D eigenvalue weighted by atomic mass is 35.5. The van der Waals surface area contributed by atoms with Gasteiger partial charge in [-0.15, -0.1) is 11.3 Å². The van der Waals surface area contributed by atoms with Crippen molar-refractivity contribution in [2.75, 3.05) is 5.32 Å². The van der Waals surface area contributed by atoms with E-state index in [0.29, 0.717) is 23.2 Å². The molecule has 1 aromatic heterocycles. The molecule has 3 nitrogen and oxygen atoms in total. The number of nitrogens with zero attached hydrogens (tertiary/aromatic N) is 1. The molecule has 6 heteroatoms. The average molecular weight is 365 g/mol. The Morgan fingerprint density at radius 1 is 1.09 bits per heavy atom. The monoisotopic (exact) mass is 364 g/mol. The van der Waals surface area contributed by atoms with Gasteiger partial charge < -0.3 is 10.1 Å². The van der Waals surface area contributed by atoms with Crippen LogP contribution in [0.4, 0.5) is 5.13 Å². The first-order valence-corrected chi connectivity index (χ1v) is 8.64. The maximum absolute atomic E-state index is 6.03. The van der Waals surface area contributed by atoms with E-state index in [9.17, 15) is 0 Å². The van der Waals surface area contributed by atoms with E-state index in [-0.39, 0.29) is 0 Å². The molecule has 3 aromatic rings. The van der Waals surface area contributed by atoms with Crippen molar-refractivity contribution in [1.82, 2.24) is 4.98 Å². The molecule has 1 N–H and O–H groups in total. The molecule has 23 heavy (non-hydrogen) atoms. The van der Waals surface area contributed by atoms with Crippen LogP contribution in [0, 0.1) is 0 Å². The molecule has 0 aliphatic carbocycles. The minimum absolute atomic E-state index is 0.436. The number of rotatable bonds is 6. The Kier molecular flexibility index (Phi) is 5.39. The second-order valence-electron chi connectivity index (χ2n) is 4.84. The van der Waals surface area contributed by atoms with E-state index in [1.807, 2.05) is 41.8 Å². The van der Waals surface area contributed by atoms with E-state index in [4.69, 9.17) is 27.9 Å². The van der Waals surface area contributed by atoms with Crippen LogP contribution in [-0.4, -0.2) is 4.98 Å². The van der Waals surface area contributed by atoms with Crippen LogP contribution in [0.15, 0.2) is 54.0 Å².